The maximum atomic E-state index is 11.6. The van der Waals surface area contributed by atoms with Gasteiger partial charge in [0.25, 0.3) is 0 Å². The van der Waals surface area contributed by atoms with Crippen LogP contribution in [0.2, 0.25) is 0 Å². The maximum absolute atomic E-state index is 11.6. The molecular formula is C16H17ClN2OS. The molecule has 2 aromatic rings. The van der Waals surface area contributed by atoms with E-state index in [9.17, 15) is 4.79 Å². The van der Waals surface area contributed by atoms with Gasteiger partial charge < -0.3 is 10.2 Å². The third kappa shape index (κ3) is 2.78. The van der Waals surface area contributed by atoms with Crippen LogP contribution in [0.4, 0.5) is 10.5 Å². The first-order valence-corrected chi connectivity index (χ1v) is 8.21. The fourth-order valence-corrected chi connectivity index (χ4v) is 3.75. The minimum Gasteiger partial charge on any atom is -0.323 e. The SMILES string of the molecule is CCc1ccc(C(Cl)c2ccc3c(c2)CN(C)C(=O)N3)s1. The Labute approximate surface area is 133 Å². The molecule has 0 saturated heterocycles. The van der Waals surface area contributed by atoms with Crippen molar-refractivity contribution >= 4 is 34.7 Å². The third-order valence-corrected chi connectivity index (χ3v) is 5.61. The normalized spacial score (nSPS) is 15.6. The van der Waals surface area contributed by atoms with Crippen LogP contribution in [-0.2, 0) is 13.0 Å². The van der Waals surface area contributed by atoms with Gasteiger partial charge in [0.05, 0.1) is 5.38 Å². The lowest BCUT2D eigenvalue weighted by atomic mass is 10.0. The van der Waals surface area contributed by atoms with E-state index < -0.39 is 0 Å². The number of halogens is 1. The fourth-order valence-electron chi connectivity index (χ4n) is 2.45. The molecule has 0 bridgehead atoms. The number of hydrogen-bond acceptors (Lipinski definition) is 2. The van der Waals surface area contributed by atoms with Gasteiger partial charge in [0, 0.05) is 29.0 Å². The average Bonchev–Trinajstić information content (AvgIpc) is 2.96. The number of urea groups is 1. The Hall–Kier alpha value is -1.52. The zero-order valence-corrected chi connectivity index (χ0v) is 13.6. The van der Waals surface area contributed by atoms with Gasteiger partial charge in [0.1, 0.15) is 0 Å². The minimum atomic E-state index is -0.136. The van der Waals surface area contributed by atoms with E-state index in [0.29, 0.717) is 6.54 Å². The lowest BCUT2D eigenvalue weighted by molar-refractivity contribution is 0.218. The Morgan fingerprint density at radius 1 is 1.38 bits per heavy atom. The standard InChI is InChI=1S/C16H17ClN2OS/c1-3-12-5-7-14(21-12)15(17)10-4-6-13-11(8-10)9-19(2)16(20)18-13/h4-8,15H,3,9H2,1-2H3,(H,18,20). The highest BCUT2D eigenvalue weighted by molar-refractivity contribution is 7.12. The second kappa shape index (κ2) is 5.70. The molecule has 1 aromatic heterocycles. The van der Waals surface area contributed by atoms with Gasteiger partial charge in [-0.05, 0) is 35.7 Å². The number of benzene rings is 1. The van der Waals surface area contributed by atoms with Gasteiger partial charge in [-0.1, -0.05) is 19.1 Å². The first-order chi connectivity index (χ1) is 10.1. The number of fused-ring (bicyclic) bond motifs is 1. The van der Waals surface area contributed by atoms with Crippen molar-refractivity contribution < 1.29 is 4.79 Å². The summed E-state index contributed by atoms with van der Waals surface area (Å²) >= 11 is 8.38. The summed E-state index contributed by atoms with van der Waals surface area (Å²) in [5.41, 5.74) is 3.06. The van der Waals surface area contributed by atoms with Crippen LogP contribution in [0.15, 0.2) is 30.3 Å². The molecule has 3 rings (SSSR count). The van der Waals surface area contributed by atoms with Gasteiger partial charge >= 0.3 is 6.03 Å². The van der Waals surface area contributed by atoms with Gasteiger partial charge in [-0.15, -0.1) is 22.9 Å². The molecule has 110 valence electrons. The number of carbonyl (C=O) groups is 1. The Morgan fingerprint density at radius 3 is 2.90 bits per heavy atom. The molecule has 21 heavy (non-hydrogen) atoms. The predicted octanol–water partition coefficient (Wildman–Crippen LogP) is 4.62. The molecule has 2 heterocycles. The van der Waals surface area contributed by atoms with Crippen LogP contribution in [0.25, 0.3) is 0 Å². The number of carbonyl (C=O) groups excluding carboxylic acids is 1. The number of rotatable bonds is 3. The Bertz CT molecular complexity index is 683. The number of anilines is 1. The van der Waals surface area contributed by atoms with E-state index in [1.807, 2.05) is 12.1 Å². The first-order valence-electron chi connectivity index (χ1n) is 6.96. The van der Waals surface area contributed by atoms with Crippen molar-refractivity contribution in [2.45, 2.75) is 25.3 Å². The molecule has 1 aliphatic heterocycles. The monoisotopic (exact) mass is 320 g/mol. The molecule has 1 unspecified atom stereocenters. The molecule has 0 aliphatic carbocycles. The zero-order valence-electron chi connectivity index (χ0n) is 12.0. The van der Waals surface area contributed by atoms with E-state index in [-0.39, 0.29) is 11.4 Å². The van der Waals surface area contributed by atoms with E-state index in [1.165, 1.54) is 9.75 Å². The fraction of sp³-hybridized carbons (Fsp3) is 0.312. The highest BCUT2D eigenvalue weighted by Gasteiger charge is 2.21. The molecule has 1 N–H and O–H groups in total. The number of amides is 2. The van der Waals surface area contributed by atoms with E-state index >= 15 is 0 Å². The summed E-state index contributed by atoms with van der Waals surface area (Å²) in [7, 11) is 1.79. The average molecular weight is 321 g/mol. The van der Waals surface area contributed by atoms with Crippen LogP contribution < -0.4 is 5.32 Å². The number of aryl methyl sites for hydroxylation is 1. The van der Waals surface area contributed by atoms with Crippen LogP contribution in [0.5, 0.6) is 0 Å². The quantitative estimate of drug-likeness (QED) is 0.822. The molecule has 0 saturated carbocycles. The lowest BCUT2D eigenvalue weighted by Gasteiger charge is -2.26. The zero-order chi connectivity index (χ0) is 15.0. The van der Waals surface area contributed by atoms with Crippen molar-refractivity contribution in [1.82, 2.24) is 4.90 Å². The predicted molar refractivity (Wildman–Crippen MR) is 88.3 cm³/mol. The number of nitrogens with zero attached hydrogens (tertiary/aromatic N) is 1. The number of thiophene rings is 1. The van der Waals surface area contributed by atoms with Gasteiger partial charge in [0.15, 0.2) is 0 Å². The van der Waals surface area contributed by atoms with Crippen molar-refractivity contribution in [3.05, 3.63) is 51.2 Å². The molecular weight excluding hydrogens is 304 g/mol. The Kier molecular flexibility index (Phi) is 3.91. The van der Waals surface area contributed by atoms with Crippen LogP contribution in [0.3, 0.4) is 0 Å². The van der Waals surface area contributed by atoms with Crippen molar-refractivity contribution in [2.24, 2.45) is 0 Å². The van der Waals surface area contributed by atoms with Gasteiger partial charge in [-0.3, -0.25) is 0 Å². The molecule has 5 heteroatoms. The molecule has 1 aliphatic rings. The lowest BCUT2D eigenvalue weighted by Crippen LogP contribution is -2.35. The van der Waals surface area contributed by atoms with Crippen molar-refractivity contribution in [3.8, 4) is 0 Å². The van der Waals surface area contributed by atoms with Crippen LogP contribution in [0.1, 0.15) is 33.2 Å². The molecule has 3 nitrogen and oxygen atoms in total. The van der Waals surface area contributed by atoms with E-state index in [0.717, 1.165) is 23.2 Å². The smallest absolute Gasteiger partial charge is 0.321 e. The van der Waals surface area contributed by atoms with Crippen LogP contribution in [0, 0.1) is 0 Å². The van der Waals surface area contributed by atoms with Gasteiger partial charge in [-0.2, -0.15) is 0 Å². The summed E-state index contributed by atoms with van der Waals surface area (Å²) in [6, 6.07) is 10.2. The van der Waals surface area contributed by atoms with Gasteiger partial charge in [-0.25, -0.2) is 4.79 Å². The van der Waals surface area contributed by atoms with Crippen LogP contribution in [-0.4, -0.2) is 18.0 Å². The van der Waals surface area contributed by atoms with E-state index in [1.54, 1.807) is 23.3 Å². The topological polar surface area (TPSA) is 32.3 Å². The van der Waals surface area contributed by atoms with E-state index in [2.05, 4.69) is 30.4 Å². The molecule has 1 aromatic carbocycles. The summed E-state index contributed by atoms with van der Waals surface area (Å²) in [6.07, 6.45) is 1.04. The van der Waals surface area contributed by atoms with Crippen LogP contribution >= 0.6 is 22.9 Å². The summed E-state index contributed by atoms with van der Waals surface area (Å²) in [6.45, 7) is 2.76. The van der Waals surface area contributed by atoms with Crippen molar-refractivity contribution in [1.29, 1.82) is 0 Å². The number of hydrogen-bond donors (Lipinski definition) is 1. The summed E-state index contributed by atoms with van der Waals surface area (Å²) in [5.74, 6) is 0. The summed E-state index contributed by atoms with van der Waals surface area (Å²) in [4.78, 5) is 15.8. The Morgan fingerprint density at radius 2 is 2.19 bits per heavy atom. The van der Waals surface area contributed by atoms with Crippen molar-refractivity contribution in [3.63, 3.8) is 0 Å². The van der Waals surface area contributed by atoms with E-state index in [4.69, 9.17) is 11.6 Å². The Balaban J connectivity index is 1.89. The molecule has 0 spiro atoms. The largest absolute Gasteiger partial charge is 0.323 e. The highest BCUT2D eigenvalue weighted by Crippen LogP contribution is 2.36. The minimum absolute atomic E-state index is 0.0662. The first kappa shape index (κ1) is 14.4. The third-order valence-electron chi connectivity index (χ3n) is 3.70. The molecule has 0 fully saturated rings. The highest BCUT2D eigenvalue weighted by atomic mass is 35.5. The number of alkyl halides is 1. The summed E-state index contributed by atoms with van der Waals surface area (Å²) in [5, 5.41) is 2.74. The van der Waals surface area contributed by atoms with Gasteiger partial charge in [0.2, 0.25) is 0 Å². The molecule has 2 amide bonds. The maximum Gasteiger partial charge on any atom is 0.321 e. The summed E-state index contributed by atoms with van der Waals surface area (Å²) < 4.78 is 0. The second-order valence-electron chi connectivity index (χ2n) is 5.22. The number of nitrogens with one attached hydrogen (secondary N) is 1. The molecule has 0 radical (unpaired) electrons. The second-order valence-corrected chi connectivity index (χ2v) is 6.86. The van der Waals surface area contributed by atoms with Crippen molar-refractivity contribution in [2.75, 3.05) is 12.4 Å². The molecule has 1 atom stereocenters.